The average Bonchev–Trinajstić information content (AvgIpc) is 3.17. The minimum absolute atomic E-state index is 0.0104. The van der Waals surface area contributed by atoms with Gasteiger partial charge in [-0.05, 0) is 54.4 Å². The number of hydrogen-bond acceptors (Lipinski definition) is 4. The lowest BCUT2D eigenvalue weighted by Crippen LogP contribution is -2.53. The summed E-state index contributed by atoms with van der Waals surface area (Å²) in [5.41, 5.74) is 3.38. The number of aliphatic carboxylic acids is 1. The second-order valence-electron chi connectivity index (χ2n) is 9.86. The predicted molar refractivity (Wildman–Crippen MR) is 133 cm³/mol. The first-order valence-corrected chi connectivity index (χ1v) is 12.5. The molecule has 0 spiro atoms. The minimum atomic E-state index is -1.29. The zero-order chi connectivity index (χ0) is 25.0. The van der Waals surface area contributed by atoms with Gasteiger partial charge in [-0.2, -0.15) is 0 Å². The van der Waals surface area contributed by atoms with Gasteiger partial charge in [0.2, 0.25) is 5.91 Å². The lowest BCUT2D eigenvalue weighted by molar-refractivity contribution is -0.147. The zero-order valence-corrected chi connectivity index (χ0v) is 20.4. The first-order valence-electron chi connectivity index (χ1n) is 12.5. The molecule has 1 fully saturated rings. The summed E-state index contributed by atoms with van der Waals surface area (Å²) in [6.45, 7) is 3.49. The summed E-state index contributed by atoms with van der Waals surface area (Å²) in [4.78, 5) is 36.9. The molecule has 4 rings (SSSR count). The van der Waals surface area contributed by atoms with Gasteiger partial charge < -0.3 is 20.5 Å². The normalized spacial score (nSPS) is 20.7. The third kappa shape index (κ3) is 5.34. The van der Waals surface area contributed by atoms with E-state index in [2.05, 4.69) is 34.9 Å². The Morgan fingerprint density at radius 2 is 1.60 bits per heavy atom. The fourth-order valence-electron chi connectivity index (χ4n) is 5.32. The van der Waals surface area contributed by atoms with Crippen LogP contribution in [-0.2, 0) is 14.3 Å². The summed E-state index contributed by atoms with van der Waals surface area (Å²) >= 11 is 0. The van der Waals surface area contributed by atoms with Crippen molar-refractivity contribution in [2.75, 3.05) is 6.61 Å². The summed E-state index contributed by atoms with van der Waals surface area (Å²) in [5, 5.41) is 15.1. The van der Waals surface area contributed by atoms with Crippen LogP contribution in [0.5, 0.6) is 0 Å². The summed E-state index contributed by atoms with van der Waals surface area (Å²) in [6.07, 6.45) is 3.51. The van der Waals surface area contributed by atoms with E-state index < -0.39 is 17.6 Å². The number of carboxylic acid groups (broad SMARTS) is 1. The highest BCUT2D eigenvalue weighted by Gasteiger charge is 2.35. The maximum absolute atomic E-state index is 12.8. The van der Waals surface area contributed by atoms with Crippen LogP contribution in [0.4, 0.5) is 4.79 Å². The van der Waals surface area contributed by atoms with Gasteiger partial charge in [-0.25, -0.2) is 9.59 Å². The first-order chi connectivity index (χ1) is 16.8. The van der Waals surface area contributed by atoms with Crippen LogP contribution in [0, 0.1) is 5.92 Å². The number of rotatable bonds is 8. The van der Waals surface area contributed by atoms with Crippen molar-refractivity contribution in [1.29, 1.82) is 0 Å². The van der Waals surface area contributed by atoms with Gasteiger partial charge in [0.1, 0.15) is 12.1 Å². The molecule has 186 valence electrons. The molecule has 2 aliphatic carbocycles. The van der Waals surface area contributed by atoms with Gasteiger partial charge in [-0.15, -0.1) is 0 Å². The predicted octanol–water partition coefficient (Wildman–Crippen LogP) is 4.84. The molecule has 0 bridgehead atoms. The van der Waals surface area contributed by atoms with Gasteiger partial charge in [-0.3, -0.25) is 4.79 Å². The van der Waals surface area contributed by atoms with Crippen LogP contribution in [0.15, 0.2) is 48.5 Å². The first kappa shape index (κ1) is 24.8. The van der Waals surface area contributed by atoms with E-state index in [9.17, 15) is 19.5 Å². The van der Waals surface area contributed by atoms with Crippen molar-refractivity contribution in [1.82, 2.24) is 10.6 Å². The van der Waals surface area contributed by atoms with Crippen molar-refractivity contribution in [2.24, 2.45) is 5.92 Å². The molecule has 0 aliphatic heterocycles. The zero-order valence-electron chi connectivity index (χ0n) is 20.4. The van der Waals surface area contributed by atoms with Crippen LogP contribution >= 0.6 is 0 Å². The Morgan fingerprint density at radius 3 is 2.20 bits per heavy atom. The Hall–Kier alpha value is -3.35. The molecular weight excluding hydrogens is 444 g/mol. The van der Waals surface area contributed by atoms with Crippen LogP contribution in [0.2, 0.25) is 0 Å². The monoisotopic (exact) mass is 478 g/mol. The van der Waals surface area contributed by atoms with Crippen molar-refractivity contribution in [3.63, 3.8) is 0 Å². The second kappa shape index (κ2) is 10.5. The molecule has 0 heterocycles. The average molecular weight is 479 g/mol. The SMILES string of the molecule is CCC(C)(NC(=O)CC1CCCCC1NC(=O)OCC1c2ccccc2-c2ccccc21)C(=O)O. The Bertz CT molecular complexity index is 1050. The van der Waals surface area contributed by atoms with E-state index in [4.69, 9.17) is 4.74 Å². The van der Waals surface area contributed by atoms with E-state index in [1.165, 1.54) is 18.1 Å². The molecule has 7 nitrogen and oxygen atoms in total. The number of carbonyl (C=O) groups is 3. The van der Waals surface area contributed by atoms with Crippen molar-refractivity contribution in [2.45, 2.75) is 69.9 Å². The summed E-state index contributed by atoms with van der Waals surface area (Å²) in [5.74, 6) is -1.42. The highest BCUT2D eigenvalue weighted by Crippen LogP contribution is 2.44. The van der Waals surface area contributed by atoms with Crippen molar-refractivity contribution >= 4 is 18.0 Å². The van der Waals surface area contributed by atoms with Crippen LogP contribution in [0.3, 0.4) is 0 Å². The van der Waals surface area contributed by atoms with E-state index in [1.807, 2.05) is 24.3 Å². The fraction of sp³-hybridized carbons (Fsp3) is 0.464. The number of benzene rings is 2. The Labute approximate surface area is 206 Å². The maximum Gasteiger partial charge on any atom is 0.407 e. The number of hydrogen-bond donors (Lipinski definition) is 3. The fourth-order valence-corrected chi connectivity index (χ4v) is 5.32. The largest absolute Gasteiger partial charge is 0.480 e. The molecule has 2 aromatic rings. The molecule has 7 heteroatoms. The van der Waals surface area contributed by atoms with Gasteiger partial charge in [-0.1, -0.05) is 68.3 Å². The number of carbonyl (C=O) groups excluding carboxylic acids is 2. The van der Waals surface area contributed by atoms with Gasteiger partial charge in [0.15, 0.2) is 0 Å². The highest BCUT2D eigenvalue weighted by molar-refractivity contribution is 5.86. The number of fused-ring (bicyclic) bond motifs is 3. The van der Waals surface area contributed by atoms with Crippen molar-refractivity contribution in [3.05, 3.63) is 59.7 Å². The number of ether oxygens (including phenoxy) is 1. The van der Waals surface area contributed by atoms with Gasteiger partial charge in [0, 0.05) is 18.4 Å². The Kier molecular flexibility index (Phi) is 7.43. The highest BCUT2D eigenvalue weighted by atomic mass is 16.5. The number of carboxylic acids is 1. The number of nitrogens with one attached hydrogen (secondary N) is 2. The van der Waals surface area contributed by atoms with Gasteiger partial charge in [0.25, 0.3) is 0 Å². The van der Waals surface area contributed by atoms with E-state index in [0.29, 0.717) is 6.42 Å². The molecular formula is C28H34N2O5. The number of amides is 2. The molecule has 3 atom stereocenters. The third-order valence-electron chi connectivity index (χ3n) is 7.60. The molecule has 35 heavy (non-hydrogen) atoms. The number of alkyl carbamates (subject to hydrolysis) is 1. The van der Waals surface area contributed by atoms with Crippen LogP contribution in [0.25, 0.3) is 11.1 Å². The minimum Gasteiger partial charge on any atom is -0.480 e. The molecule has 3 N–H and O–H groups in total. The van der Waals surface area contributed by atoms with Crippen molar-refractivity contribution < 1.29 is 24.2 Å². The lowest BCUT2D eigenvalue weighted by atomic mass is 9.82. The van der Waals surface area contributed by atoms with E-state index in [1.54, 1.807) is 6.92 Å². The second-order valence-corrected chi connectivity index (χ2v) is 9.86. The summed E-state index contributed by atoms with van der Waals surface area (Å²) < 4.78 is 5.70. The molecule has 1 saturated carbocycles. The third-order valence-corrected chi connectivity index (χ3v) is 7.60. The summed E-state index contributed by atoms with van der Waals surface area (Å²) in [6, 6.07) is 16.2. The topological polar surface area (TPSA) is 105 Å². The quantitative estimate of drug-likeness (QED) is 0.503. The van der Waals surface area contributed by atoms with E-state index >= 15 is 0 Å². The molecule has 3 unspecified atom stereocenters. The molecule has 0 aromatic heterocycles. The van der Waals surface area contributed by atoms with Gasteiger partial charge in [0.05, 0.1) is 0 Å². The standard InChI is InChI=1S/C28H34N2O5/c1-3-28(2,26(32)33)30-25(31)16-18-10-4-9-15-24(18)29-27(34)35-17-23-21-13-7-5-11-19(21)20-12-6-8-14-22(20)23/h5-8,11-14,18,23-24H,3-4,9-10,15-17H2,1-2H3,(H,29,34)(H,30,31)(H,32,33). The van der Waals surface area contributed by atoms with Crippen LogP contribution in [0.1, 0.15) is 69.4 Å². The smallest absolute Gasteiger partial charge is 0.407 e. The molecule has 0 saturated heterocycles. The Morgan fingerprint density at radius 1 is 1.00 bits per heavy atom. The molecule has 2 amide bonds. The molecule has 2 aromatic carbocycles. The van der Waals surface area contributed by atoms with Crippen LogP contribution < -0.4 is 10.6 Å². The molecule has 2 aliphatic rings. The Balaban J connectivity index is 1.36. The van der Waals surface area contributed by atoms with E-state index in [-0.39, 0.29) is 36.8 Å². The van der Waals surface area contributed by atoms with E-state index in [0.717, 1.165) is 36.8 Å². The summed E-state index contributed by atoms with van der Waals surface area (Å²) in [7, 11) is 0. The maximum atomic E-state index is 12.8. The van der Waals surface area contributed by atoms with Crippen LogP contribution in [-0.4, -0.2) is 41.3 Å². The molecule has 0 radical (unpaired) electrons. The van der Waals surface area contributed by atoms with Gasteiger partial charge >= 0.3 is 12.1 Å². The lowest BCUT2D eigenvalue weighted by Gasteiger charge is -2.33. The van der Waals surface area contributed by atoms with Crippen molar-refractivity contribution in [3.8, 4) is 11.1 Å².